The van der Waals surface area contributed by atoms with E-state index in [0.29, 0.717) is 43.4 Å². The Bertz CT molecular complexity index is 1450. The number of thiocarbonyl (C=S) groups is 1. The molecule has 9 heteroatoms. The third-order valence-corrected chi connectivity index (χ3v) is 7.88. The number of amides is 2. The second-order valence-electron chi connectivity index (χ2n) is 8.15. The summed E-state index contributed by atoms with van der Waals surface area (Å²) in [4.78, 5) is 30.7. The molecule has 3 aliphatic heterocycles. The summed E-state index contributed by atoms with van der Waals surface area (Å²) in [7, 11) is 0. The first-order valence-electron chi connectivity index (χ1n) is 10.8. The van der Waals surface area contributed by atoms with Crippen LogP contribution in [0.3, 0.4) is 0 Å². The fourth-order valence-corrected chi connectivity index (χ4v) is 5.88. The summed E-state index contributed by atoms with van der Waals surface area (Å²) in [5.41, 5.74) is 3.52. The van der Waals surface area contributed by atoms with E-state index in [1.54, 1.807) is 11.0 Å². The third-order valence-electron chi connectivity index (χ3n) is 6.06. The molecule has 174 valence electrons. The summed E-state index contributed by atoms with van der Waals surface area (Å²) in [6.07, 6.45) is 0. The molecule has 0 spiro atoms. The van der Waals surface area contributed by atoms with Crippen molar-refractivity contribution < 1.29 is 19.1 Å². The van der Waals surface area contributed by atoms with Gasteiger partial charge >= 0.3 is 0 Å². The van der Waals surface area contributed by atoms with Crippen molar-refractivity contribution in [2.24, 2.45) is 0 Å². The number of thioether (sulfide) groups is 1. The summed E-state index contributed by atoms with van der Waals surface area (Å²) in [6, 6.07) is 20.4. The van der Waals surface area contributed by atoms with Crippen molar-refractivity contribution in [2.75, 3.05) is 11.7 Å². The van der Waals surface area contributed by atoms with Gasteiger partial charge in [-0.3, -0.25) is 14.5 Å². The zero-order chi connectivity index (χ0) is 24.1. The van der Waals surface area contributed by atoms with Crippen LogP contribution in [0.2, 0.25) is 5.02 Å². The van der Waals surface area contributed by atoms with Gasteiger partial charge in [-0.25, -0.2) is 0 Å². The molecule has 0 atom stereocenters. The lowest BCUT2D eigenvalue weighted by atomic mass is 10.1. The number of anilines is 1. The summed E-state index contributed by atoms with van der Waals surface area (Å²) in [5.74, 6) is 0.791. The van der Waals surface area contributed by atoms with Gasteiger partial charge in [0.15, 0.2) is 11.5 Å². The summed E-state index contributed by atoms with van der Waals surface area (Å²) < 4.78 is 11.2. The molecule has 0 saturated carbocycles. The number of halogens is 1. The molecular formula is C26H17ClN2O4S2. The second kappa shape index (κ2) is 8.71. The number of rotatable bonds is 4. The molecule has 1 fully saturated rings. The quantitative estimate of drug-likeness (QED) is 0.340. The molecule has 0 bridgehead atoms. The van der Waals surface area contributed by atoms with Crippen LogP contribution in [-0.4, -0.2) is 27.8 Å². The van der Waals surface area contributed by atoms with E-state index in [2.05, 4.69) is 0 Å². The van der Waals surface area contributed by atoms with Gasteiger partial charge in [-0.2, -0.15) is 0 Å². The summed E-state index contributed by atoms with van der Waals surface area (Å²) in [5, 5.41) is 0.585. The molecule has 2 amide bonds. The van der Waals surface area contributed by atoms with E-state index in [0.717, 1.165) is 28.6 Å². The van der Waals surface area contributed by atoms with Gasteiger partial charge < -0.3 is 14.4 Å². The van der Waals surface area contributed by atoms with Gasteiger partial charge in [0.05, 0.1) is 29.3 Å². The molecule has 6 rings (SSSR count). The fourth-order valence-electron chi connectivity index (χ4n) is 4.36. The number of benzene rings is 3. The van der Waals surface area contributed by atoms with Crippen molar-refractivity contribution in [2.45, 2.75) is 13.1 Å². The number of hydrogen-bond acceptors (Lipinski definition) is 6. The van der Waals surface area contributed by atoms with Gasteiger partial charge in [0.2, 0.25) is 6.79 Å². The predicted molar refractivity (Wildman–Crippen MR) is 139 cm³/mol. The number of carbonyl (C=O) groups excluding carboxylic acids is 2. The molecule has 1 saturated heterocycles. The number of para-hydroxylation sites is 1. The van der Waals surface area contributed by atoms with E-state index < -0.39 is 0 Å². The third kappa shape index (κ3) is 3.78. The first kappa shape index (κ1) is 22.2. The Labute approximate surface area is 216 Å². The van der Waals surface area contributed by atoms with Gasteiger partial charge in [0.25, 0.3) is 11.8 Å². The maximum atomic E-state index is 13.7. The number of carbonyl (C=O) groups is 2. The van der Waals surface area contributed by atoms with Gasteiger partial charge in [0, 0.05) is 10.6 Å². The van der Waals surface area contributed by atoms with Gasteiger partial charge in [-0.05, 0) is 35.4 Å². The Morgan fingerprint density at radius 3 is 2.51 bits per heavy atom. The zero-order valence-corrected chi connectivity index (χ0v) is 20.6. The SMILES string of the molecule is O=C1/C(=C2/C(=O)N(Cc3ccccc3Cl)c3ccccc32)SC(=S)N1Cc1ccc2c(c1)OCO2. The van der Waals surface area contributed by atoms with E-state index in [4.69, 9.17) is 33.3 Å². The lowest BCUT2D eigenvalue weighted by Crippen LogP contribution is -2.29. The van der Waals surface area contributed by atoms with Crippen molar-refractivity contribution >= 4 is 63.0 Å². The molecule has 3 aromatic rings. The van der Waals surface area contributed by atoms with E-state index in [-0.39, 0.29) is 25.2 Å². The van der Waals surface area contributed by atoms with Crippen molar-refractivity contribution in [1.29, 1.82) is 0 Å². The van der Waals surface area contributed by atoms with Crippen LogP contribution in [-0.2, 0) is 22.7 Å². The monoisotopic (exact) mass is 520 g/mol. The standard InChI is InChI=1S/C26H17ClN2O4S2/c27-18-7-3-1-5-16(18)13-28-19-8-4-2-6-17(19)22(24(28)30)23-25(31)29(26(34)35-23)12-15-9-10-20-21(11-15)33-14-32-20/h1-11H,12-14H2/b23-22-. The zero-order valence-electron chi connectivity index (χ0n) is 18.2. The number of nitrogens with zero attached hydrogens (tertiary/aromatic N) is 2. The molecule has 0 radical (unpaired) electrons. The minimum Gasteiger partial charge on any atom is -0.454 e. The smallest absolute Gasteiger partial charge is 0.267 e. The first-order valence-corrected chi connectivity index (χ1v) is 12.4. The van der Waals surface area contributed by atoms with Crippen molar-refractivity contribution in [3.8, 4) is 11.5 Å². The van der Waals surface area contributed by atoms with Crippen molar-refractivity contribution in [1.82, 2.24) is 4.90 Å². The van der Waals surface area contributed by atoms with Crippen molar-refractivity contribution in [3.63, 3.8) is 0 Å². The Morgan fingerprint density at radius 2 is 1.66 bits per heavy atom. The fraction of sp³-hybridized carbons (Fsp3) is 0.115. The number of ether oxygens (including phenoxy) is 2. The van der Waals surface area contributed by atoms with Crippen LogP contribution in [0.1, 0.15) is 16.7 Å². The lowest BCUT2D eigenvalue weighted by Gasteiger charge is -2.18. The second-order valence-corrected chi connectivity index (χ2v) is 10.2. The molecule has 0 unspecified atom stereocenters. The molecule has 0 N–H and O–H groups in total. The van der Waals surface area contributed by atoms with Crippen molar-refractivity contribution in [3.05, 3.63) is 93.3 Å². The van der Waals surface area contributed by atoms with Crippen LogP contribution in [0.4, 0.5) is 5.69 Å². The highest BCUT2D eigenvalue weighted by atomic mass is 35.5. The Hall–Kier alpha value is -3.33. The largest absolute Gasteiger partial charge is 0.454 e. The molecule has 3 aliphatic rings. The minimum atomic E-state index is -0.282. The first-order chi connectivity index (χ1) is 17.0. The highest BCUT2D eigenvalue weighted by molar-refractivity contribution is 8.26. The van der Waals surface area contributed by atoms with E-state index in [1.807, 2.05) is 60.7 Å². The molecular weight excluding hydrogens is 504 g/mol. The maximum absolute atomic E-state index is 13.7. The highest BCUT2D eigenvalue weighted by Crippen LogP contribution is 2.45. The topological polar surface area (TPSA) is 59.1 Å². The molecule has 3 aromatic carbocycles. The molecule has 0 aromatic heterocycles. The molecule has 3 heterocycles. The molecule has 35 heavy (non-hydrogen) atoms. The Kier molecular flexibility index (Phi) is 5.51. The lowest BCUT2D eigenvalue weighted by molar-refractivity contribution is -0.122. The van der Waals surface area contributed by atoms with E-state index >= 15 is 0 Å². The van der Waals surface area contributed by atoms with Crippen LogP contribution >= 0.6 is 35.6 Å². The van der Waals surface area contributed by atoms with Crippen LogP contribution in [0.25, 0.3) is 5.57 Å². The average Bonchev–Trinajstić information content (AvgIpc) is 3.51. The van der Waals surface area contributed by atoms with E-state index in [9.17, 15) is 9.59 Å². The maximum Gasteiger partial charge on any atom is 0.267 e. The minimum absolute atomic E-state index is 0.179. The number of hydrogen-bond donors (Lipinski definition) is 0. The Morgan fingerprint density at radius 1 is 0.886 bits per heavy atom. The van der Waals surface area contributed by atoms with Crippen LogP contribution in [0, 0.1) is 0 Å². The highest BCUT2D eigenvalue weighted by Gasteiger charge is 2.42. The van der Waals surface area contributed by atoms with Gasteiger partial charge in [0.1, 0.15) is 4.32 Å². The Balaban J connectivity index is 1.34. The molecule has 6 nitrogen and oxygen atoms in total. The normalized spacial score (nSPS) is 18.6. The number of fused-ring (bicyclic) bond motifs is 2. The van der Waals surface area contributed by atoms with Crippen LogP contribution < -0.4 is 14.4 Å². The predicted octanol–water partition coefficient (Wildman–Crippen LogP) is 5.39. The summed E-state index contributed by atoms with van der Waals surface area (Å²) in [6.45, 7) is 0.756. The molecule has 0 aliphatic carbocycles. The average molecular weight is 521 g/mol. The van der Waals surface area contributed by atoms with E-state index in [1.165, 1.54) is 4.90 Å². The summed E-state index contributed by atoms with van der Waals surface area (Å²) >= 11 is 13.1. The van der Waals surface area contributed by atoms with Gasteiger partial charge in [-0.1, -0.05) is 78.0 Å². The van der Waals surface area contributed by atoms with Crippen LogP contribution in [0.5, 0.6) is 11.5 Å². The van der Waals surface area contributed by atoms with Crippen LogP contribution in [0.15, 0.2) is 71.6 Å². The van der Waals surface area contributed by atoms with Gasteiger partial charge in [-0.15, -0.1) is 0 Å².